The van der Waals surface area contributed by atoms with Crippen molar-refractivity contribution in [3.8, 4) is 5.75 Å². The molecular weight excluding hydrogens is 362 g/mol. The number of carbonyl (C=O) groups is 1. The van der Waals surface area contributed by atoms with Gasteiger partial charge in [0.25, 0.3) is 0 Å². The second-order valence-corrected chi connectivity index (χ2v) is 8.38. The number of benzene rings is 1. The van der Waals surface area contributed by atoms with E-state index in [0.29, 0.717) is 36.9 Å². The summed E-state index contributed by atoms with van der Waals surface area (Å²) in [5.74, 6) is 1.57. The second-order valence-electron chi connectivity index (χ2n) is 5.44. The van der Waals surface area contributed by atoms with Crippen molar-refractivity contribution >= 4 is 33.4 Å². The van der Waals surface area contributed by atoms with Crippen LogP contribution in [0.2, 0.25) is 0 Å². The van der Waals surface area contributed by atoms with Gasteiger partial charge in [-0.15, -0.1) is 11.8 Å². The Kier molecular flexibility index (Phi) is 7.12. The van der Waals surface area contributed by atoms with Crippen LogP contribution in [0.1, 0.15) is 20.8 Å². The van der Waals surface area contributed by atoms with Crippen molar-refractivity contribution in [3.63, 3.8) is 0 Å². The van der Waals surface area contributed by atoms with E-state index in [-0.39, 0.29) is 16.8 Å². The summed E-state index contributed by atoms with van der Waals surface area (Å²) in [5, 5.41) is 5.88. The van der Waals surface area contributed by atoms with Crippen LogP contribution in [0.15, 0.2) is 23.1 Å². The lowest BCUT2D eigenvalue weighted by Gasteiger charge is -2.21. The molecule has 1 aliphatic rings. The normalized spacial score (nSPS) is 17.7. The van der Waals surface area contributed by atoms with Crippen molar-refractivity contribution in [3.05, 3.63) is 18.2 Å². The molecule has 1 unspecified atom stereocenters. The monoisotopic (exact) mass is 387 g/mol. The quantitative estimate of drug-likeness (QED) is 0.706. The molecule has 25 heavy (non-hydrogen) atoms. The minimum Gasteiger partial charge on any atom is -0.492 e. The Labute approximate surface area is 153 Å². The van der Waals surface area contributed by atoms with Gasteiger partial charge in [-0.25, -0.2) is 8.42 Å². The van der Waals surface area contributed by atoms with Crippen molar-refractivity contribution in [1.29, 1.82) is 0 Å². The van der Waals surface area contributed by atoms with Crippen LogP contribution in [-0.2, 0) is 14.8 Å². The SMILES string of the molecule is CCOc1ccc(NC(=O)C2CSCN2)cc1S(=O)(=O)N(CC)CC. The van der Waals surface area contributed by atoms with Gasteiger partial charge in [-0.3, -0.25) is 10.1 Å². The predicted octanol–water partition coefficient (Wildman–Crippen LogP) is 1.72. The van der Waals surface area contributed by atoms with Crippen LogP contribution >= 0.6 is 11.8 Å². The van der Waals surface area contributed by atoms with Crippen LogP contribution in [0.3, 0.4) is 0 Å². The molecule has 1 aromatic rings. The molecule has 140 valence electrons. The molecule has 1 aromatic carbocycles. The largest absolute Gasteiger partial charge is 0.492 e. The van der Waals surface area contributed by atoms with Crippen LogP contribution in [0.4, 0.5) is 5.69 Å². The van der Waals surface area contributed by atoms with E-state index in [9.17, 15) is 13.2 Å². The second kappa shape index (κ2) is 8.88. The highest BCUT2D eigenvalue weighted by molar-refractivity contribution is 7.99. The molecule has 0 spiro atoms. The minimum absolute atomic E-state index is 0.0737. The first-order valence-corrected chi connectivity index (χ1v) is 10.9. The van der Waals surface area contributed by atoms with Crippen molar-refractivity contribution < 1.29 is 17.9 Å². The van der Waals surface area contributed by atoms with Gasteiger partial charge in [0.15, 0.2) is 0 Å². The zero-order valence-electron chi connectivity index (χ0n) is 14.7. The lowest BCUT2D eigenvalue weighted by atomic mass is 10.2. The highest BCUT2D eigenvalue weighted by atomic mass is 32.2. The Balaban J connectivity index is 2.34. The summed E-state index contributed by atoms with van der Waals surface area (Å²) in [6.45, 7) is 6.46. The van der Waals surface area contributed by atoms with E-state index in [2.05, 4.69) is 10.6 Å². The Morgan fingerprint density at radius 1 is 1.36 bits per heavy atom. The molecule has 0 aliphatic carbocycles. The number of nitrogens with one attached hydrogen (secondary N) is 2. The molecule has 1 saturated heterocycles. The van der Waals surface area contributed by atoms with Gasteiger partial charge >= 0.3 is 0 Å². The molecule has 1 atom stereocenters. The number of ether oxygens (including phenoxy) is 1. The third-order valence-corrected chi connectivity index (χ3v) is 6.88. The average molecular weight is 388 g/mol. The van der Waals surface area contributed by atoms with Gasteiger partial charge in [0.2, 0.25) is 15.9 Å². The standard InChI is InChI=1S/C16H25N3O4S2/c1-4-19(5-2)25(21,22)15-9-12(7-8-14(15)23-6-3)18-16(20)13-10-24-11-17-13/h7-9,13,17H,4-6,10-11H2,1-3H3,(H,18,20). The van der Waals surface area contributed by atoms with E-state index in [1.165, 1.54) is 10.4 Å². The van der Waals surface area contributed by atoms with Crippen molar-refractivity contribution in [2.75, 3.05) is 36.6 Å². The number of sulfonamides is 1. The number of amides is 1. The first-order chi connectivity index (χ1) is 11.9. The predicted molar refractivity (Wildman–Crippen MR) is 101 cm³/mol. The molecular formula is C16H25N3O4S2. The van der Waals surface area contributed by atoms with Crippen LogP contribution < -0.4 is 15.4 Å². The fourth-order valence-electron chi connectivity index (χ4n) is 2.56. The lowest BCUT2D eigenvalue weighted by Crippen LogP contribution is -2.37. The van der Waals surface area contributed by atoms with E-state index < -0.39 is 10.0 Å². The third-order valence-electron chi connectivity index (χ3n) is 3.87. The van der Waals surface area contributed by atoms with Gasteiger partial charge in [-0.1, -0.05) is 13.8 Å². The number of hydrogen-bond acceptors (Lipinski definition) is 6. The van der Waals surface area contributed by atoms with Gasteiger partial charge < -0.3 is 10.1 Å². The molecule has 0 aromatic heterocycles. The Hall–Kier alpha value is -1.29. The summed E-state index contributed by atoms with van der Waals surface area (Å²) in [4.78, 5) is 12.3. The van der Waals surface area contributed by atoms with Gasteiger partial charge in [0, 0.05) is 30.4 Å². The highest BCUT2D eigenvalue weighted by Crippen LogP contribution is 2.30. The first kappa shape index (κ1) is 20.0. The molecule has 9 heteroatoms. The van der Waals surface area contributed by atoms with Gasteiger partial charge in [-0.05, 0) is 25.1 Å². The van der Waals surface area contributed by atoms with Gasteiger partial charge in [0.05, 0.1) is 12.6 Å². The first-order valence-electron chi connectivity index (χ1n) is 8.33. The molecule has 0 bridgehead atoms. The number of carbonyl (C=O) groups excluding carboxylic acids is 1. The highest BCUT2D eigenvalue weighted by Gasteiger charge is 2.27. The molecule has 2 rings (SSSR count). The Morgan fingerprint density at radius 3 is 2.64 bits per heavy atom. The number of rotatable bonds is 8. The number of anilines is 1. The minimum atomic E-state index is -3.69. The Morgan fingerprint density at radius 2 is 2.08 bits per heavy atom. The fraction of sp³-hybridized carbons (Fsp3) is 0.562. The van der Waals surface area contributed by atoms with E-state index in [1.807, 2.05) is 0 Å². The summed E-state index contributed by atoms with van der Waals surface area (Å²) in [5.41, 5.74) is 0.442. The Bertz CT molecular complexity index is 699. The van der Waals surface area contributed by atoms with Crippen LogP contribution in [0, 0.1) is 0 Å². The average Bonchev–Trinajstić information content (AvgIpc) is 3.12. The topological polar surface area (TPSA) is 87.7 Å². The van der Waals surface area contributed by atoms with E-state index in [0.717, 1.165) is 5.88 Å². The van der Waals surface area contributed by atoms with E-state index in [4.69, 9.17) is 4.74 Å². The number of thioether (sulfide) groups is 1. The maximum absolute atomic E-state index is 12.9. The molecule has 7 nitrogen and oxygen atoms in total. The molecule has 1 aliphatic heterocycles. The fourth-order valence-corrected chi connectivity index (χ4v) is 5.11. The third kappa shape index (κ3) is 4.66. The molecule has 1 heterocycles. The van der Waals surface area contributed by atoms with Crippen LogP contribution in [0.5, 0.6) is 5.75 Å². The molecule has 0 radical (unpaired) electrons. The summed E-state index contributed by atoms with van der Waals surface area (Å²) in [6.07, 6.45) is 0. The number of nitrogens with zero attached hydrogens (tertiary/aromatic N) is 1. The summed E-state index contributed by atoms with van der Waals surface area (Å²) in [6, 6.07) is 4.46. The van der Waals surface area contributed by atoms with Gasteiger partial charge in [-0.2, -0.15) is 4.31 Å². The van der Waals surface area contributed by atoms with Crippen LogP contribution in [0.25, 0.3) is 0 Å². The van der Waals surface area contributed by atoms with Crippen LogP contribution in [-0.4, -0.2) is 56.0 Å². The molecule has 2 N–H and O–H groups in total. The molecule has 1 fully saturated rings. The summed E-state index contributed by atoms with van der Waals surface area (Å²) in [7, 11) is -3.69. The van der Waals surface area contributed by atoms with E-state index in [1.54, 1.807) is 44.7 Å². The smallest absolute Gasteiger partial charge is 0.246 e. The zero-order chi connectivity index (χ0) is 18.4. The summed E-state index contributed by atoms with van der Waals surface area (Å²) >= 11 is 1.65. The molecule has 1 amide bonds. The lowest BCUT2D eigenvalue weighted by molar-refractivity contribution is -0.117. The zero-order valence-corrected chi connectivity index (χ0v) is 16.4. The maximum atomic E-state index is 12.9. The van der Waals surface area contributed by atoms with Crippen molar-refractivity contribution in [1.82, 2.24) is 9.62 Å². The summed E-state index contributed by atoms with van der Waals surface area (Å²) < 4.78 is 32.7. The van der Waals surface area contributed by atoms with Gasteiger partial charge in [0.1, 0.15) is 10.6 Å². The van der Waals surface area contributed by atoms with E-state index >= 15 is 0 Å². The maximum Gasteiger partial charge on any atom is 0.246 e. The van der Waals surface area contributed by atoms with Crippen molar-refractivity contribution in [2.45, 2.75) is 31.7 Å². The number of hydrogen-bond donors (Lipinski definition) is 2. The van der Waals surface area contributed by atoms with Crippen molar-refractivity contribution in [2.24, 2.45) is 0 Å². The molecule has 0 saturated carbocycles.